The van der Waals surface area contributed by atoms with E-state index in [0.29, 0.717) is 24.1 Å². The average Bonchev–Trinajstić information content (AvgIpc) is 2.43. The van der Waals surface area contributed by atoms with Gasteiger partial charge in [0, 0.05) is 24.8 Å². The Morgan fingerprint density at radius 3 is 2.53 bits per heavy atom. The molecule has 19 heavy (non-hydrogen) atoms. The molecule has 2 nitrogen and oxygen atoms in total. The third-order valence-corrected chi connectivity index (χ3v) is 4.13. The quantitative estimate of drug-likeness (QED) is 0.908. The van der Waals surface area contributed by atoms with Gasteiger partial charge in [0.05, 0.1) is 0 Å². The van der Waals surface area contributed by atoms with E-state index in [0.717, 1.165) is 31.7 Å². The Kier molecular flexibility index (Phi) is 4.88. The van der Waals surface area contributed by atoms with Crippen LogP contribution in [0.5, 0.6) is 0 Å². The molecule has 0 aromatic heterocycles. The molecule has 0 spiro atoms. The van der Waals surface area contributed by atoms with E-state index < -0.39 is 5.82 Å². The first-order valence-corrected chi connectivity index (χ1v) is 6.85. The molecule has 0 aliphatic heterocycles. The van der Waals surface area contributed by atoms with Gasteiger partial charge in [-0.25, -0.2) is 8.78 Å². The molecule has 0 saturated heterocycles. The molecular weight excluding hydrogens is 248 g/mol. The Labute approximate surface area is 113 Å². The smallest absolute Gasteiger partial charge is 0.127 e. The van der Waals surface area contributed by atoms with Gasteiger partial charge in [-0.3, -0.25) is 4.90 Å². The van der Waals surface area contributed by atoms with Crippen LogP contribution in [0.3, 0.4) is 0 Å². The number of nitrogens with zero attached hydrogens (tertiary/aromatic N) is 1. The van der Waals surface area contributed by atoms with Crippen LogP contribution in [0, 0.1) is 17.6 Å². The molecule has 1 aliphatic carbocycles. The molecule has 0 heterocycles. The number of aliphatic hydroxyl groups is 1. The number of halogens is 2. The molecule has 1 fully saturated rings. The maximum absolute atomic E-state index is 13.6. The van der Waals surface area contributed by atoms with Crippen LogP contribution >= 0.6 is 0 Å². The minimum Gasteiger partial charge on any atom is -0.396 e. The van der Waals surface area contributed by atoms with Crippen molar-refractivity contribution in [3.8, 4) is 0 Å². The van der Waals surface area contributed by atoms with Crippen molar-refractivity contribution < 1.29 is 13.9 Å². The Hall–Kier alpha value is -1.00. The molecule has 0 radical (unpaired) electrons. The van der Waals surface area contributed by atoms with Crippen molar-refractivity contribution in [3.63, 3.8) is 0 Å². The summed E-state index contributed by atoms with van der Waals surface area (Å²) in [5.74, 6) is -0.332. The van der Waals surface area contributed by atoms with Gasteiger partial charge in [-0.05, 0) is 56.8 Å². The van der Waals surface area contributed by atoms with E-state index in [4.69, 9.17) is 5.11 Å². The maximum atomic E-state index is 13.6. The third-order valence-electron chi connectivity index (χ3n) is 4.13. The fraction of sp³-hybridized carbons (Fsp3) is 0.600. The van der Waals surface area contributed by atoms with Crippen molar-refractivity contribution >= 4 is 0 Å². The molecule has 1 aliphatic rings. The molecular formula is C15H21F2NO. The largest absolute Gasteiger partial charge is 0.396 e. The van der Waals surface area contributed by atoms with Crippen LogP contribution in [0.1, 0.15) is 31.2 Å². The highest BCUT2D eigenvalue weighted by Crippen LogP contribution is 2.27. The number of hydrogen-bond donors (Lipinski definition) is 1. The highest BCUT2D eigenvalue weighted by molar-refractivity contribution is 5.18. The van der Waals surface area contributed by atoms with Crippen molar-refractivity contribution in [2.45, 2.75) is 38.3 Å². The number of rotatable bonds is 4. The Morgan fingerprint density at radius 1 is 1.21 bits per heavy atom. The topological polar surface area (TPSA) is 23.5 Å². The third kappa shape index (κ3) is 3.74. The molecule has 1 aromatic carbocycles. The molecule has 1 saturated carbocycles. The van der Waals surface area contributed by atoms with E-state index in [2.05, 4.69) is 4.90 Å². The average molecular weight is 269 g/mol. The van der Waals surface area contributed by atoms with Gasteiger partial charge in [-0.1, -0.05) is 0 Å². The summed E-state index contributed by atoms with van der Waals surface area (Å²) in [7, 11) is 1.95. The normalized spacial score (nSPS) is 23.8. The van der Waals surface area contributed by atoms with E-state index in [9.17, 15) is 8.78 Å². The van der Waals surface area contributed by atoms with Crippen LogP contribution in [0.4, 0.5) is 8.78 Å². The zero-order chi connectivity index (χ0) is 13.8. The van der Waals surface area contributed by atoms with Crippen molar-refractivity contribution in [2.24, 2.45) is 5.92 Å². The highest BCUT2D eigenvalue weighted by atomic mass is 19.1. The van der Waals surface area contributed by atoms with Gasteiger partial charge in [0.25, 0.3) is 0 Å². The number of hydrogen-bond acceptors (Lipinski definition) is 2. The molecule has 1 N–H and O–H groups in total. The zero-order valence-electron chi connectivity index (χ0n) is 11.3. The lowest BCUT2D eigenvalue weighted by atomic mass is 9.86. The standard InChI is InChI=1S/C15H21F2NO/c1-18(14-5-2-11(10-19)3-6-14)9-12-8-13(16)4-7-15(12)17/h4,7-8,11,14,19H,2-3,5-6,9-10H2,1H3. The second kappa shape index (κ2) is 6.44. The van der Waals surface area contributed by atoms with Crippen LogP contribution in [-0.2, 0) is 6.54 Å². The summed E-state index contributed by atoms with van der Waals surface area (Å²) in [5.41, 5.74) is 0.409. The molecule has 0 bridgehead atoms. The van der Waals surface area contributed by atoms with Crippen LogP contribution in [0.2, 0.25) is 0 Å². The van der Waals surface area contributed by atoms with Gasteiger partial charge in [-0.15, -0.1) is 0 Å². The van der Waals surface area contributed by atoms with Crippen molar-refractivity contribution in [3.05, 3.63) is 35.4 Å². The van der Waals surface area contributed by atoms with E-state index in [1.165, 1.54) is 12.1 Å². The summed E-state index contributed by atoms with van der Waals surface area (Å²) < 4.78 is 26.7. The van der Waals surface area contributed by atoms with Crippen molar-refractivity contribution in [2.75, 3.05) is 13.7 Å². The number of aliphatic hydroxyl groups excluding tert-OH is 1. The predicted octanol–water partition coefficient (Wildman–Crippen LogP) is 2.95. The second-order valence-corrected chi connectivity index (χ2v) is 5.51. The SMILES string of the molecule is CN(Cc1cc(F)ccc1F)C1CCC(CO)CC1. The van der Waals surface area contributed by atoms with Gasteiger partial charge in [0.1, 0.15) is 11.6 Å². The lowest BCUT2D eigenvalue weighted by molar-refractivity contribution is 0.123. The van der Waals surface area contributed by atoms with Crippen LogP contribution < -0.4 is 0 Å². The summed E-state index contributed by atoms with van der Waals surface area (Å²) in [6.45, 7) is 0.688. The molecule has 2 rings (SSSR count). The first-order valence-electron chi connectivity index (χ1n) is 6.85. The Bertz CT molecular complexity index is 417. The van der Waals surface area contributed by atoms with E-state index in [1.807, 2.05) is 7.05 Å². The summed E-state index contributed by atoms with van der Waals surface area (Å²) in [5, 5.41) is 9.11. The lowest BCUT2D eigenvalue weighted by Crippen LogP contribution is -2.35. The monoisotopic (exact) mass is 269 g/mol. The maximum Gasteiger partial charge on any atom is 0.127 e. The summed E-state index contributed by atoms with van der Waals surface area (Å²) in [6, 6.07) is 3.99. The molecule has 0 amide bonds. The van der Waals surface area contributed by atoms with Crippen LogP contribution in [0.15, 0.2) is 18.2 Å². The first kappa shape index (κ1) is 14.4. The molecule has 1 aromatic rings. The molecule has 0 unspecified atom stereocenters. The first-order chi connectivity index (χ1) is 9.10. The predicted molar refractivity (Wildman–Crippen MR) is 70.7 cm³/mol. The Balaban J connectivity index is 1.94. The highest BCUT2D eigenvalue weighted by Gasteiger charge is 2.24. The second-order valence-electron chi connectivity index (χ2n) is 5.51. The van der Waals surface area contributed by atoms with E-state index in [1.54, 1.807) is 0 Å². The van der Waals surface area contributed by atoms with Crippen LogP contribution in [0.25, 0.3) is 0 Å². The Morgan fingerprint density at radius 2 is 1.89 bits per heavy atom. The summed E-state index contributed by atoms with van der Waals surface area (Å²) in [6.07, 6.45) is 4.05. The number of benzene rings is 1. The minimum absolute atomic E-state index is 0.259. The van der Waals surface area contributed by atoms with Gasteiger partial charge < -0.3 is 5.11 Å². The molecule has 106 valence electrons. The molecule has 4 heteroatoms. The summed E-state index contributed by atoms with van der Waals surface area (Å²) in [4.78, 5) is 2.09. The summed E-state index contributed by atoms with van der Waals surface area (Å²) >= 11 is 0. The van der Waals surface area contributed by atoms with E-state index in [-0.39, 0.29) is 12.4 Å². The molecule has 0 atom stereocenters. The van der Waals surface area contributed by atoms with Gasteiger partial charge in [0.15, 0.2) is 0 Å². The van der Waals surface area contributed by atoms with Gasteiger partial charge in [0.2, 0.25) is 0 Å². The van der Waals surface area contributed by atoms with E-state index >= 15 is 0 Å². The fourth-order valence-corrected chi connectivity index (χ4v) is 2.83. The zero-order valence-corrected chi connectivity index (χ0v) is 11.3. The lowest BCUT2D eigenvalue weighted by Gasteiger charge is -2.34. The van der Waals surface area contributed by atoms with Crippen LogP contribution in [-0.4, -0.2) is 29.7 Å². The van der Waals surface area contributed by atoms with Gasteiger partial charge in [-0.2, -0.15) is 0 Å². The van der Waals surface area contributed by atoms with Crippen molar-refractivity contribution in [1.82, 2.24) is 4.90 Å². The van der Waals surface area contributed by atoms with Gasteiger partial charge >= 0.3 is 0 Å². The van der Waals surface area contributed by atoms with Crippen molar-refractivity contribution in [1.29, 1.82) is 0 Å². The minimum atomic E-state index is -0.395. The fourth-order valence-electron chi connectivity index (χ4n) is 2.83.